The molecule has 0 unspecified atom stereocenters. The molecule has 1 aliphatic rings. The van der Waals surface area contributed by atoms with Gasteiger partial charge in [0.25, 0.3) is 0 Å². The largest absolute Gasteiger partial charge is 0.497 e. The molecule has 0 saturated carbocycles. The fourth-order valence-corrected chi connectivity index (χ4v) is 3.90. The molecule has 1 aliphatic carbocycles. The highest BCUT2D eigenvalue weighted by molar-refractivity contribution is 6.11. The summed E-state index contributed by atoms with van der Waals surface area (Å²) in [7, 11) is 4.73. The number of benzene rings is 2. The normalized spacial score (nSPS) is 18.4. The maximum absolute atomic E-state index is 13.1. The lowest BCUT2D eigenvalue weighted by atomic mass is 9.73. The van der Waals surface area contributed by atoms with Gasteiger partial charge in [-0.1, -0.05) is 18.2 Å². The average molecular weight is 410 g/mol. The van der Waals surface area contributed by atoms with Crippen molar-refractivity contribution >= 4 is 17.3 Å². The quantitative estimate of drug-likeness (QED) is 0.507. The third-order valence-corrected chi connectivity index (χ3v) is 5.30. The number of hydrogen-bond acceptors (Lipinski definition) is 6. The van der Waals surface area contributed by atoms with E-state index in [1.54, 1.807) is 34.3 Å². The Bertz CT molecular complexity index is 962. The summed E-state index contributed by atoms with van der Waals surface area (Å²) in [5, 5.41) is 0. The molecule has 6 heteroatoms. The van der Waals surface area contributed by atoms with Crippen LogP contribution in [0, 0.1) is 5.92 Å². The Morgan fingerprint density at radius 1 is 1.00 bits per heavy atom. The first-order valence-corrected chi connectivity index (χ1v) is 9.80. The van der Waals surface area contributed by atoms with Crippen molar-refractivity contribution in [3.8, 4) is 17.2 Å². The van der Waals surface area contributed by atoms with Crippen LogP contribution < -0.4 is 14.2 Å². The summed E-state index contributed by atoms with van der Waals surface area (Å²) >= 11 is 0. The van der Waals surface area contributed by atoms with Crippen LogP contribution in [0.4, 0.5) is 0 Å². The Kier molecular flexibility index (Phi) is 6.77. The topological polar surface area (TPSA) is 71.1 Å². The minimum absolute atomic E-state index is 0.212. The third-order valence-electron chi connectivity index (χ3n) is 5.30. The smallest absolute Gasteiger partial charge is 0.317 e. The highest BCUT2D eigenvalue weighted by atomic mass is 16.5. The van der Waals surface area contributed by atoms with Crippen molar-refractivity contribution in [2.75, 3.05) is 27.9 Å². The van der Waals surface area contributed by atoms with Crippen LogP contribution >= 0.6 is 0 Å². The van der Waals surface area contributed by atoms with Crippen molar-refractivity contribution in [3.05, 3.63) is 59.7 Å². The van der Waals surface area contributed by atoms with Crippen LogP contribution in [0.2, 0.25) is 0 Å². The summed E-state index contributed by atoms with van der Waals surface area (Å²) in [5.74, 6) is -0.258. The van der Waals surface area contributed by atoms with Crippen LogP contribution in [-0.4, -0.2) is 39.7 Å². The lowest BCUT2D eigenvalue weighted by Crippen LogP contribution is -2.34. The van der Waals surface area contributed by atoms with Gasteiger partial charge in [-0.3, -0.25) is 9.59 Å². The molecular formula is C24H26O6. The molecule has 2 aromatic carbocycles. The SMILES string of the molecule is CCOC(=O)[C@@H]1C(=O)C=C(c2ccc(OC)cc2OC)C[C@@H]1c1ccccc1OC. The Morgan fingerprint density at radius 2 is 1.73 bits per heavy atom. The highest BCUT2D eigenvalue weighted by Gasteiger charge is 2.41. The number of carbonyl (C=O) groups is 2. The van der Waals surface area contributed by atoms with Crippen LogP contribution in [0.5, 0.6) is 17.2 Å². The fraction of sp³-hybridized carbons (Fsp3) is 0.333. The van der Waals surface area contributed by atoms with E-state index in [0.717, 1.165) is 16.7 Å². The summed E-state index contributed by atoms with van der Waals surface area (Å²) in [6, 6.07) is 12.9. The molecule has 0 radical (unpaired) electrons. The summed E-state index contributed by atoms with van der Waals surface area (Å²) < 4.78 is 21.5. The van der Waals surface area contributed by atoms with Crippen LogP contribution in [0.3, 0.4) is 0 Å². The van der Waals surface area contributed by atoms with E-state index in [1.165, 1.54) is 6.08 Å². The summed E-state index contributed by atoms with van der Waals surface area (Å²) in [5.41, 5.74) is 2.37. The van der Waals surface area contributed by atoms with Crippen molar-refractivity contribution in [2.24, 2.45) is 5.92 Å². The molecule has 0 amide bonds. The van der Waals surface area contributed by atoms with E-state index in [1.807, 2.05) is 36.4 Å². The molecular weight excluding hydrogens is 384 g/mol. The first-order chi connectivity index (χ1) is 14.5. The van der Waals surface area contributed by atoms with E-state index < -0.39 is 17.8 Å². The van der Waals surface area contributed by atoms with Gasteiger partial charge in [-0.2, -0.15) is 0 Å². The zero-order chi connectivity index (χ0) is 21.7. The third kappa shape index (κ3) is 4.17. The van der Waals surface area contributed by atoms with Crippen molar-refractivity contribution < 1.29 is 28.5 Å². The molecule has 30 heavy (non-hydrogen) atoms. The van der Waals surface area contributed by atoms with Gasteiger partial charge in [-0.25, -0.2) is 0 Å². The van der Waals surface area contributed by atoms with Gasteiger partial charge in [-0.15, -0.1) is 0 Å². The van der Waals surface area contributed by atoms with E-state index in [2.05, 4.69) is 0 Å². The highest BCUT2D eigenvalue weighted by Crippen LogP contribution is 2.45. The number of para-hydroxylation sites is 1. The minimum atomic E-state index is -0.922. The van der Waals surface area contributed by atoms with Crippen LogP contribution in [0.1, 0.15) is 30.4 Å². The van der Waals surface area contributed by atoms with E-state index in [9.17, 15) is 9.59 Å². The Balaban J connectivity index is 2.10. The second-order valence-electron chi connectivity index (χ2n) is 6.92. The lowest BCUT2D eigenvalue weighted by Gasteiger charge is -2.30. The van der Waals surface area contributed by atoms with E-state index in [0.29, 0.717) is 23.7 Å². The zero-order valence-corrected chi connectivity index (χ0v) is 17.6. The number of allylic oxidation sites excluding steroid dienone is 2. The first kappa shape index (κ1) is 21.4. The summed E-state index contributed by atoms with van der Waals surface area (Å²) in [6.07, 6.45) is 1.98. The molecule has 6 nitrogen and oxygen atoms in total. The standard InChI is InChI=1S/C24H26O6/c1-5-30-24(26)23-19(18-8-6-7-9-21(18)28-3)12-15(13-20(23)25)17-11-10-16(27-2)14-22(17)29-4/h6-11,13-14,19,23H,5,12H2,1-4H3/t19-,23+/m1/s1. The molecule has 0 N–H and O–H groups in total. The van der Waals surface area contributed by atoms with Gasteiger partial charge in [-0.05, 0) is 48.8 Å². The second-order valence-corrected chi connectivity index (χ2v) is 6.92. The molecule has 3 rings (SSSR count). The lowest BCUT2D eigenvalue weighted by molar-refractivity contribution is -0.151. The van der Waals surface area contributed by atoms with Crippen LogP contribution in [0.25, 0.3) is 5.57 Å². The van der Waals surface area contributed by atoms with Gasteiger partial charge in [0, 0.05) is 17.5 Å². The van der Waals surface area contributed by atoms with E-state index in [-0.39, 0.29) is 12.4 Å². The van der Waals surface area contributed by atoms with Crippen molar-refractivity contribution in [3.63, 3.8) is 0 Å². The first-order valence-electron chi connectivity index (χ1n) is 9.80. The van der Waals surface area contributed by atoms with Gasteiger partial charge in [0.15, 0.2) is 5.78 Å². The van der Waals surface area contributed by atoms with Gasteiger partial charge in [0.1, 0.15) is 23.2 Å². The number of carbonyl (C=O) groups excluding carboxylic acids is 2. The van der Waals surface area contributed by atoms with Gasteiger partial charge < -0.3 is 18.9 Å². The predicted molar refractivity (Wildman–Crippen MR) is 113 cm³/mol. The van der Waals surface area contributed by atoms with Crippen molar-refractivity contribution in [1.29, 1.82) is 0 Å². The zero-order valence-electron chi connectivity index (χ0n) is 17.6. The van der Waals surface area contributed by atoms with Gasteiger partial charge in [0.05, 0.1) is 27.9 Å². The maximum atomic E-state index is 13.1. The number of ketones is 1. The van der Waals surface area contributed by atoms with Crippen LogP contribution in [0.15, 0.2) is 48.5 Å². The predicted octanol–water partition coefficient (Wildman–Crippen LogP) is 4.03. The number of esters is 1. The fourth-order valence-electron chi connectivity index (χ4n) is 3.90. The van der Waals surface area contributed by atoms with Gasteiger partial charge >= 0.3 is 5.97 Å². The molecule has 0 heterocycles. The molecule has 0 aliphatic heterocycles. The van der Waals surface area contributed by atoms with E-state index >= 15 is 0 Å². The summed E-state index contributed by atoms with van der Waals surface area (Å²) in [4.78, 5) is 25.8. The van der Waals surface area contributed by atoms with Crippen molar-refractivity contribution in [1.82, 2.24) is 0 Å². The Morgan fingerprint density at radius 3 is 2.40 bits per heavy atom. The average Bonchev–Trinajstić information content (AvgIpc) is 2.78. The number of rotatable bonds is 7. The Labute approximate surface area is 176 Å². The molecule has 158 valence electrons. The Hall–Kier alpha value is -3.28. The molecule has 0 aromatic heterocycles. The number of methoxy groups -OCH3 is 3. The molecule has 0 bridgehead atoms. The molecule has 2 aromatic rings. The van der Waals surface area contributed by atoms with E-state index in [4.69, 9.17) is 18.9 Å². The van der Waals surface area contributed by atoms with Gasteiger partial charge in [0.2, 0.25) is 0 Å². The number of ether oxygens (including phenoxy) is 4. The van der Waals surface area contributed by atoms with Crippen molar-refractivity contribution in [2.45, 2.75) is 19.3 Å². The maximum Gasteiger partial charge on any atom is 0.317 e. The second kappa shape index (κ2) is 9.48. The molecule has 2 atom stereocenters. The molecule has 0 fully saturated rings. The molecule has 0 spiro atoms. The monoisotopic (exact) mass is 410 g/mol. The van der Waals surface area contributed by atoms with Crippen LogP contribution in [-0.2, 0) is 14.3 Å². The molecule has 0 saturated heterocycles. The minimum Gasteiger partial charge on any atom is -0.497 e. The number of hydrogen-bond donors (Lipinski definition) is 0. The summed E-state index contributed by atoms with van der Waals surface area (Å²) in [6.45, 7) is 1.94.